The van der Waals surface area contributed by atoms with E-state index in [1.54, 1.807) is 25.1 Å². The van der Waals surface area contributed by atoms with E-state index < -0.39 is 35.5 Å². The molecule has 0 spiro atoms. The maximum Gasteiger partial charge on any atom is 0.416 e. The van der Waals surface area contributed by atoms with Crippen molar-refractivity contribution >= 4 is 5.97 Å². The predicted molar refractivity (Wildman–Crippen MR) is 96.4 cm³/mol. The van der Waals surface area contributed by atoms with Crippen LogP contribution in [-0.2, 0) is 17.4 Å². The Bertz CT molecular complexity index is 924. The van der Waals surface area contributed by atoms with Crippen LogP contribution in [0.25, 0.3) is 0 Å². The van der Waals surface area contributed by atoms with Gasteiger partial charge in [0.15, 0.2) is 0 Å². The van der Waals surface area contributed by atoms with Gasteiger partial charge in [0.2, 0.25) is 0 Å². The first-order chi connectivity index (χ1) is 13.6. The number of aliphatic carboxylic acids is 1. The van der Waals surface area contributed by atoms with Gasteiger partial charge in [-0.2, -0.15) is 13.2 Å². The third-order valence-electron chi connectivity index (χ3n) is 5.16. The number of halogens is 4. The van der Waals surface area contributed by atoms with Crippen LogP contribution in [0, 0.1) is 12.7 Å². The topological polar surface area (TPSA) is 66.8 Å². The molecule has 4 nitrogen and oxygen atoms in total. The van der Waals surface area contributed by atoms with Gasteiger partial charge in [0, 0.05) is 5.92 Å². The molecular formula is C21H20F4O4. The van der Waals surface area contributed by atoms with Crippen LogP contribution in [0.3, 0.4) is 0 Å². The lowest BCUT2D eigenvalue weighted by molar-refractivity contribution is -0.139. The molecule has 0 saturated heterocycles. The number of ether oxygens (including phenoxy) is 1. The van der Waals surface area contributed by atoms with Crippen LogP contribution in [0.4, 0.5) is 17.6 Å². The highest BCUT2D eigenvalue weighted by Crippen LogP contribution is 2.43. The lowest BCUT2D eigenvalue weighted by Crippen LogP contribution is -2.12. The second-order valence-corrected chi connectivity index (χ2v) is 7.16. The minimum Gasteiger partial charge on any atom is -0.486 e. The molecule has 1 aliphatic rings. The van der Waals surface area contributed by atoms with Crippen LogP contribution < -0.4 is 4.74 Å². The van der Waals surface area contributed by atoms with E-state index in [1.165, 1.54) is 0 Å². The number of hydrogen-bond acceptors (Lipinski definition) is 3. The number of carboxylic acid groups (broad SMARTS) is 1. The Kier molecular flexibility index (Phi) is 5.84. The fraction of sp³-hybridized carbons (Fsp3) is 0.381. The molecule has 0 bridgehead atoms. The number of hydrogen-bond donors (Lipinski definition) is 2. The first-order valence-corrected chi connectivity index (χ1v) is 9.09. The van der Waals surface area contributed by atoms with E-state index in [4.69, 9.17) is 9.84 Å². The number of benzene rings is 2. The lowest BCUT2D eigenvalue weighted by Gasteiger charge is -2.19. The fourth-order valence-electron chi connectivity index (χ4n) is 3.86. The van der Waals surface area contributed by atoms with Crippen molar-refractivity contribution in [2.45, 2.75) is 44.4 Å². The summed E-state index contributed by atoms with van der Waals surface area (Å²) in [6.07, 6.45) is -5.14. The van der Waals surface area contributed by atoms with Crippen molar-refractivity contribution in [3.05, 3.63) is 64.0 Å². The maximum absolute atomic E-state index is 13.8. The highest BCUT2D eigenvalue weighted by molar-refractivity contribution is 5.68. The zero-order valence-electron chi connectivity index (χ0n) is 15.6. The van der Waals surface area contributed by atoms with Crippen molar-refractivity contribution in [3.8, 4) is 5.75 Å². The van der Waals surface area contributed by atoms with Gasteiger partial charge in [-0.1, -0.05) is 6.07 Å². The minimum absolute atomic E-state index is 0.0547. The summed E-state index contributed by atoms with van der Waals surface area (Å²) in [5.41, 5.74) is 0.623. The number of aryl methyl sites for hydroxylation is 1. The molecule has 0 aliphatic heterocycles. The number of alkyl halides is 3. The Labute approximate surface area is 164 Å². The third kappa shape index (κ3) is 4.53. The number of aliphatic hydroxyl groups is 1. The van der Waals surface area contributed by atoms with E-state index in [-0.39, 0.29) is 30.6 Å². The first kappa shape index (κ1) is 21.1. The average Bonchev–Trinajstić information content (AvgIpc) is 3.01. The van der Waals surface area contributed by atoms with Crippen LogP contribution in [0.15, 0.2) is 30.3 Å². The molecule has 0 aromatic heterocycles. The van der Waals surface area contributed by atoms with Crippen molar-refractivity contribution in [3.63, 3.8) is 0 Å². The Hall–Kier alpha value is -2.61. The average molecular weight is 412 g/mol. The molecule has 2 atom stereocenters. The Morgan fingerprint density at radius 3 is 2.59 bits per heavy atom. The first-order valence-electron chi connectivity index (χ1n) is 9.09. The molecule has 0 unspecified atom stereocenters. The van der Waals surface area contributed by atoms with Crippen molar-refractivity contribution < 1.29 is 37.3 Å². The van der Waals surface area contributed by atoms with Crippen molar-refractivity contribution in [2.24, 2.45) is 0 Å². The molecular weight excluding hydrogens is 392 g/mol. The SMILES string of the molecule is Cc1cc(O[C@@H]2CCc3c2cc(F)cc3C(F)(F)F)ccc1[C@@H](CO)CC(=O)O. The van der Waals surface area contributed by atoms with E-state index in [0.717, 1.165) is 6.07 Å². The van der Waals surface area contributed by atoms with Gasteiger partial charge in [-0.25, -0.2) is 4.39 Å². The highest BCUT2D eigenvalue weighted by Gasteiger charge is 2.38. The molecule has 0 heterocycles. The standard InChI is InChI=1S/C21H20F4O4/c1-11-6-14(2-3-15(11)12(10-26)7-20(27)28)29-19-5-4-16-17(19)8-13(22)9-18(16)21(23,24)25/h2-3,6,8-9,12,19,26H,4-5,7,10H2,1H3,(H,27,28)/t12-,19-/m1/s1. The van der Waals surface area contributed by atoms with Gasteiger partial charge >= 0.3 is 12.1 Å². The molecule has 2 aromatic rings. The van der Waals surface area contributed by atoms with E-state index in [2.05, 4.69) is 0 Å². The van der Waals surface area contributed by atoms with Crippen molar-refractivity contribution in [2.75, 3.05) is 6.61 Å². The summed E-state index contributed by atoms with van der Waals surface area (Å²) in [4.78, 5) is 10.9. The predicted octanol–water partition coefficient (Wildman–Crippen LogP) is 4.77. The smallest absolute Gasteiger partial charge is 0.416 e. The van der Waals surface area contributed by atoms with Crippen LogP contribution in [0.5, 0.6) is 5.75 Å². The number of carboxylic acids is 1. The van der Waals surface area contributed by atoms with Gasteiger partial charge in [-0.3, -0.25) is 4.79 Å². The molecule has 156 valence electrons. The number of fused-ring (bicyclic) bond motifs is 1. The summed E-state index contributed by atoms with van der Waals surface area (Å²) >= 11 is 0. The van der Waals surface area contributed by atoms with Gasteiger partial charge in [0.25, 0.3) is 0 Å². The molecule has 0 saturated carbocycles. The molecule has 0 radical (unpaired) electrons. The van der Waals surface area contributed by atoms with Gasteiger partial charge in [-0.05, 0) is 66.3 Å². The second-order valence-electron chi connectivity index (χ2n) is 7.16. The van der Waals surface area contributed by atoms with Crippen molar-refractivity contribution in [1.29, 1.82) is 0 Å². The molecule has 8 heteroatoms. The van der Waals surface area contributed by atoms with E-state index >= 15 is 0 Å². The zero-order chi connectivity index (χ0) is 21.3. The van der Waals surface area contributed by atoms with Crippen LogP contribution >= 0.6 is 0 Å². The maximum atomic E-state index is 13.8. The third-order valence-corrected chi connectivity index (χ3v) is 5.16. The van der Waals surface area contributed by atoms with E-state index in [9.17, 15) is 27.5 Å². The fourth-order valence-corrected chi connectivity index (χ4v) is 3.86. The van der Waals surface area contributed by atoms with E-state index in [1.807, 2.05) is 0 Å². The zero-order valence-corrected chi connectivity index (χ0v) is 15.6. The second kappa shape index (κ2) is 8.02. The van der Waals surface area contributed by atoms with Crippen molar-refractivity contribution in [1.82, 2.24) is 0 Å². The number of rotatable bonds is 6. The van der Waals surface area contributed by atoms with Gasteiger partial charge < -0.3 is 14.9 Å². The molecule has 1 aliphatic carbocycles. The normalized spacial score (nSPS) is 17.1. The molecule has 3 rings (SSSR count). The summed E-state index contributed by atoms with van der Waals surface area (Å²) in [5, 5.41) is 18.4. The monoisotopic (exact) mass is 412 g/mol. The lowest BCUT2D eigenvalue weighted by atomic mass is 9.92. The van der Waals surface area contributed by atoms with Gasteiger partial charge in [0.05, 0.1) is 18.6 Å². The van der Waals surface area contributed by atoms with Gasteiger partial charge in [-0.15, -0.1) is 0 Å². The molecule has 2 aromatic carbocycles. The number of carbonyl (C=O) groups is 1. The minimum atomic E-state index is -4.64. The molecule has 0 amide bonds. The summed E-state index contributed by atoms with van der Waals surface area (Å²) < 4.78 is 59.2. The highest BCUT2D eigenvalue weighted by atomic mass is 19.4. The Morgan fingerprint density at radius 1 is 1.28 bits per heavy atom. The summed E-state index contributed by atoms with van der Waals surface area (Å²) in [6, 6.07) is 6.45. The largest absolute Gasteiger partial charge is 0.486 e. The summed E-state index contributed by atoms with van der Waals surface area (Å²) in [7, 11) is 0. The van der Waals surface area contributed by atoms with E-state index in [0.29, 0.717) is 29.4 Å². The van der Waals surface area contributed by atoms with Crippen LogP contribution in [0.1, 0.15) is 52.7 Å². The van der Waals surface area contributed by atoms with Crippen LogP contribution in [0.2, 0.25) is 0 Å². The van der Waals surface area contributed by atoms with Crippen LogP contribution in [-0.4, -0.2) is 22.8 Å². The molecule has 0 fully saturated rings. The number of aliphatic hydroxyl groups excluding tert-OH is 1. The molecule has 2 N–H and O–H groups in total. The Balaban J connectivity index is 1.86. The quantitative estimate of drug-likeness (QED) is 0.671. The Morgan fingerprint density at radius 2 is 2.00 bits per heavy atom. The summed E-state index contributed by atoms with van der Waals surface area (Å²) in [6.45, 7) is 1.40. The summed E-state index contributed by atoms with van der Waals surface area (Å²) in [5.74, 6) is -2.18. The molecule has 29 heavy (non-hydrogen) atoms. The van der Waals surface area contributed by atoms with Gasteiger partial charge in [0.1, 0.15) is 17.7 Å².